The summed E-state index contributed by atoms with van der Waals surface area (Å²) in [4.78, 5) is -0.142. The van der Waals surface area contributed by atoms with Crippen LogP contribution in [0.4, 0.5) is 5.69 Å². The minimum atomic E-state index is -4.22. The zero-order valence-electron chi connectivity index (χ0n) is 9.00. The van der Waals surface area contributed by atoms with E-state index in [9.17, 15) is 16.8 Å². The minimum Gasteiger partial charge on any atom is -0.398 e. The molecule has 4 N–H and O–H groups in total. The number of sulfonamides is 1. The molecule has 18 heavy (non-hydrogen) atoms. The van der Waals surface area contributed by atoms with Gasteiger partial charge in [-0.3, -0.25) is 4.55 Å². The number of rotatable bonds is 5. The fourth-order valence-corrected chi connectivity index (χ4v) is 2.86. The van der Waals surface area contributed by atoms with E-state index in [-0.39, 0.29) is 15.6 Å². The molecule has 1 aromatic rings. The summed E-state index contributed by atoms with van der Waals surface area (Å²) >= 11 is 5.67. The molecule has 0 amide bonds. The van der Waals surface area contributed by atoms with Crippen molar-refractivity contribution in [3.8, 4) is 0 Å². The van der Waals surface area contributed by atoms with Crippen molar-refractivity contribution < 1.29 is 21.4 Å². The molecule has 7 nitrogen and oxygen atoms in total. The fraction of sp³-hybridized carbons (Fsp3) is 0.250. The van der Waals surface area contributed by atoms with Crippen LogP contribution in [0.5, 0.6) is 0 Å². The van der Waals surface area contributed by atoms with Crippen molar-refractivity contribution in [3.05, 3.63) is 23.2 Å². The lowest BCUT2D eigenvalue weighted by Crippen LogP contribution is -2.29. The first-order valence-electron chi connectivity index (χ1n) is 4.62. The summed E-state index contributed by atoms with van der Waals surface area (Å²) in [6, 6.07) is 3.70. The van der Waals surface area contributed by atoms with Gasteiger partial charge >= 0.3 is 0 Å². The molecule has 0 aliphatic carbocycles. The smallest absolute Gasteiger partial charge is 0.266 e. The summed E-state index contributed by atoms with van der Waals surface area (Å²) in [6.45, 7) is -0.441. The highest BCUT2D eigenvalue weighted by Gasteiger charge is 2.16. The molecule has 0 aliphatic rings. The number of nitrogens with two attached hydrogens (primary N) is 1. The van der Waals surface area contributed by atoms with Crippen molar-refractivity contribution in [2.45, 2.75) is 4.90 Å². The maximum Gasteiger partial charge on any atom is 0.266 e. The van der Waals surface area contributed by atoms with Crippen LogP contribution >= 0.6 is 11.6 Å². The normalized spacial score (nSPS) is 12.6. The standard InChI is InChI=1S/C8H11ClN2O5S2/c9-7-5-6(1-2-8(7)10)18(15,16)11-3-4-17(12,13)14/h1-2,5,11H,3-4,10H2,(H,12,13,14). The van der Waals surface area contributed by atoms with Gasteiger partial charge in [-0.25, -0.2) is 13.1 Å². The van der Waals surface area contributed by atoms with E-state index < -0.39 is 32.4 Å². The van der Waals surface area contributed by atoms with Gasteiger partial charge in [0.2, 0.25) is 10.0 Å². The van der Waals surface area contributed by atoms with Crippen molar-refractivity contribution in [2.75, 3.05) is 18.0 Å². The molecule has 0 aromatic heterocycles. The summed E-state index contributed by atoms with van der Waals surface area (Å²) in [6.07, 6.45) is 0. The molecule has 0 fully saturated rings. The van der Waals surface area contributed by atoms with E-state index in [4.69, 9.17) is 21.9 Å². The number of anilines is 1. The third kappa shape index (κ3) is 4.42. The zero-order valence-corrected chi connectivity index (χ0v) is 11.4. The lowest BCUT2D eigenvalue weighted by atomic mass is 10.3. The van der Waals surface area contributed by atoms with Crippen LogP contribution in [-0.4, -0.2) is 33.7 Å². The predicted molar refractivity (Wildman–Crippen MR) is 67.5 cm³/mol. The highest BCUT2D eigenvalue weighted by Crippen LogP contribution is 2.22. The lowest BCUT2D eigenvalue weighted by molar-refractivity contribution is 0.482. The van der Waals surface area contributed by atoms with E-state index in [1.807, 2.05) is 4.72 Å². The molecule has 0 aliphatic heterocycles. The monoisotopic (exact) mass is 314 g/mol. The van der Waals surface area contributed by atoms with Gasteiger partial charge in [-0.05, 0) is 18.2 Å². The molecule has 102 valence electrons. The molecule has 1 rings (SSSR count). The van der Waals surface area contributed by atoms with E-state index in [0.717, 1.165) is 6.07 Å². The van der Waals surface area contributed by atoms with Crippen LogP contribution in [0.25, 0.3) is 0 Å². The van der Waals surface area contributed by atoms with Crippen LogP contribution < -0.4 is 10.5 Å². The van der Waals surface area contributed by atoms with Crippen LogP contribution in [0.2, 0.25) is 5.02 Å². The van der Waals surface area contributed by atoms with Gasteiger partial charge in [0.1, 0.15) is 0 Å². The molecule has 0 atom stereocenters. The molecule has 0 saturated carbocycles. The van der Waals surface area contributed by atoms with Gasteiger partial charge < -0.3 is 5.73 Å². The molecule has 1 aromatic carbocycles. The number of benzene rings is 1. The Kier molecular flexibility index (Phi) is 4.56. The second kappa shape index (κ2) is 5.41. The molecule has 0 spiro atoms. The summed E-state index contributed by atoms with van der Waals surface area (Å²) in [5, 5.41) is 0.0765. The Morgan fingerprint density at radius 1 is 1.28 bits per heavy atom. The van der Waals surface area contributed by atoms with Gasteiger partial charge in [0.15, 0.2) is 0 Å². The Balaban J connectivity index is 2.84. The number of nitrogens with one attached hydrogen (secondary N) is 1. The molecule has 0 saturated heterocycles. The van der Waals surface area contributed by atoms with Gasteiger partial charge in [-0.15, -0.1) is 0 Å². The molecule has 10 heteroatoms. The average Bonchev–Trinajstić information content (AvgIpc) is 2.19. The molecule has 0 unspecified atom stereocenters. The van der Waals surface area contributed by atoms with E-state index in [1.54, 1.807) is 0 Å². The van der Waals surface area contributed by atoms with Crippen LogP contribution in [0, 0.1) is 0 Å². The highest BCUT2D eigenvalue weighted by atomic mass is 35.5. The van der Waals surface area contributed by atoms with E-state index >= 15 is 0 Å². The third-order valence-corrected chi connectivity index (χ3v) is 4.44. The van der Waals surface area contributed by atoms with E-state index in [2.05, 4.69) is 0 Å². The van der Waals surface area contributed by atoms with Gasteiger partial charge in [0, 0.05) is 6.54 Å². The zero-order chi connectivity index (χ0) is 14.0. The Bertz CT molecular complexity index is 641. The maximum absolute atomic E-state index is 11.7. The Labute approximate surface area is 110 Å². The number of nitrogen functional groups attached to an aromatic ring is 1. The first-order valence-corrected chi connectivity index (χ1v) is 8.09. The van der Waals surface area contributed by atoms with E-state index in [0.29, 0.717) is 0 Å². The van der Waals surface area contributed by atoms with Crippen molar-refractivity contribution in [2.24, 2.45) is 0 Å². The predicted octanol–water partition coefficient (Wildman–Crippen LogP) is 0.0883. The molecular formula is C8H11ClN2O5S2. The molecule has 0 heterocycles. The first-order chi connectivity index (χ1) is 8.12. The summed E-state index contributed by atoms with van der Waals surface area (Å²) in [5.41, 5.74) is 5.66. The minimum absolute atomic E-state index is 0.0765. The average molecular weight is 315 g/mol. The van der Waals surface area contributed by atoms with Crippen molar-refractivity contribution in [1.82, 2.24) is 4.72 Å². The molecule has 0 radical (unpaired) electrons. The van der Waals surface area contributed by atoms with Crippen LogP contribution in [-0.2, 0) is 20.1 Å². The lowest BCUT2D eigenvalue weighted by Gasteiger charge is -2.07. The van der Waals surface area contributed by atoms with Gasteiger partial charge in [0.05, 0.1) is 21.4 Å². The van der Waals surface area contributed by atoms with Crippen LogP contribution in [0.15, 0.2) is 23.1 Å². The Morgan fingerprint density at radius 2 is 1.89 bits per heavy atom. The quantitative estimate of drug-likeness (QED) is 0.522. The van der Waals surface area contributed by atoms with E-state index in [1.165, 1.54) is 12.1 Å². The number of hydrogen-bond donors (Lipinski definition) is 3. The third-order valence-electron chi connectivity index (χ3n) is 1.93. The Morgan fingerprint density at radius 3 is 2.39 bits per heavy atom. The van der Waals surface area contributed by atoms with Gasteiger partial charge in [0.25, 0.3) is 10.1 Å². The fourth-order valence-electron chi connectivity index (χ4n) is 1.06. The second-order valence-corrected chi connectivity index (χ2v) is 7.11. The van der Waals surface area contributed by atoms with Crippen molar-refractivity contribution in [3.63, 3.8) is 0 Å². The summed E-state index contributed by atoms with van der Waals surface area (Å²) < 4.78 is 54.7. The van der Waals surface area contributed by atoms with Crippen molar-refractivity contribution in [1.29, 1.82) is 0 Å². The first kappa shape index (κ1) is 15.2. The van der Waals surface area contributed by atoms with Crippen LogP contribution in [0.3, 0.4) is 0 Å². The van der Waals surface area contributed by atoms with Gasteiger partial charge in [-0.2, -0.15) is 8.42 Å². The SMILES string of the molecule is Nc1ccc(S(=O)(=O)NCCS(=O)(=O)O)cc1Cl. The summed E-state index contributed by atoms with van der Waals surface area (Å²) in [7, 11) is -8.10. The Hall–Kier alpha value is -0.870. The number of hydrogen-bond acceptors (Lipinski definition) is 5. The van der Waals surface area contributed by atoms with Gasteiger partial charge in [-0.1, -0.05) is 11.6 Å². The van der Waals surface area contributed by atoms with Crippen molar-refractivity contribution >= 4 is 37.4 Å². The second-order valence-electron chi connectivity index (χ2n) is 3.37. The summed E-state index contributed by atoms with van der Waals surface area (Å²) in [5.74, 6) is -0.713. The molecular weight excluding hydrogens is 304 g/mol. The number of halogens is 1. The highest BCUT2D eigenvalue weighted by molar-refractivity contribution is 7.89. The van der Waals surface area contributed by atoms with Crippen LogP contribution in [0.1, 0.15) is 0 Å². The molecule has 0 bridgehead atoms. The topological polar surface area (TPSA) is 127 Å². The largest absolute Gasteiger partial charge is 0.398 e. The maximum atomic E-state index is 11.7.